The standard InChI is InChI=1S/C12H13Cl2NO3S/c1-12(4-5-19(17,18)7-12)15-11(16)8-2-3-9(13)10(14)6-8/h2-3,6H,4-5,7H2,1H3,(H,15,16). The number of halogens is 2. The maximum Gasteiger partial charge on any atom is 0.251 e. The van der Waals surface area contributed by atoms with Crippen LogP contribution in [0.3, 0.4) is 0 Å². The number of hydrogen-bond donors (Lipinski definition) is 1. The highest BCUT2D eigenvalue weighted by atomic mass is 35.5. The Morgan fingerprint density at radius 2 is 2.00 bits per heavy atom. The third kappa shape index (κ3) is 3.41. The quantitative estimate of drug-likeness (QED) is 0.909. The molecule has 7 heteroatoms. The summed E-state index contributed by atoms with van der Waals surface area (Å²) >= 11 is 11.6. The van der Waals surface area contributed by atoms with Crippen LogP contribution in [0.2, 0.25) is 10.0 Å². The Hall–Kier alpha value is -0.780. The van der Waals surface area contributed by atoms with Crippen LogP contribution in [-0.4, -0.2) is 31.4 Å². The highest BCUT2D eigenvalue weighted by molar-refractivity contribution is 7.91. The summed E-state index contributed by atoms with van der Waals surface area (Å²) in [5.41, 5.74) is -0.359. The van der Waals surface area contributed by atoms with Crippen LogP contribution in [0.1, 0.15) is 23.7 Å². The molecule has 1 N–H and O–H groups in total. The average molecular weight is 322 g/mol. The van der Waals surface area contributed by atoms with Crippen LogP contribution in [0.5, 0.6) is 0 Å². The van der Waals surface area contributed by atoms with Crippen molar-refractivity contribution in [3.05, 3.63) is 33.8 Å². The molecule has 104 valence electrons. The van der Waals surface area contributed by atoms with Gasteiger partial charge in [-0.2, -0.15) is 0 Å². The van der Waals surface area contributed by atoms with Crippen LogP contribution in [0.15, 0.2) is 18.2 Å². The lowest BCUT2D eigenvalue weighted by Crippen LogP contribution is -2.46. The van der Waals surface area contributed by atoms with Gasteiger partial charge in [0.15, 0.2) is 9.84 Å². The number of amides is 1. The number of nitrogens with one attached hydrogen (secondary N) is 1. The molecule has 0 aromatic heterocycles. The molecule has 19 heavy (non-hydrogen) atoms. The van der Waals surface area contributed by atoms with E-state index >= 15 is 0 Å². The Kier molecular flexibility index (Phi) is 3.82. The SMILES string of the molecule is CC1(NC(=O)c2ccc(Cl)c(Cl)c2)CCS(=O)(=O)C1. The van der Waals surface area contributed by atoms with E-state index in [1.807, 2.05) is 0 Å². The molecule has 1 saturated heterocycles. The lowest BCUT2D eigenvalue weighted by Gasteiger charge is -2.23. The minimum atomic E-state index is -3.06. The summed E-state index contributed by atoms with van der Waals surface area (Å²) in [5.74, 6) is -0.281. The van der Waals surface area contributed by atoms with E-state index < -0.39 is 15.4 Å². The monoisotopic (exact) mass is 321 g/mol. The number of hydrogen-bond acceptors (Lipinski definition) is 3. The second-order valence-electron chi connectivity index (χ2n) is 4.99. The first-order valence-electron chi connectivity index (χ1n) is 5.69. The lowest BCUT2D eigenvalue weighted by molar-refractivity contribution is 0.0915. The fraction of sp³-hybridized carbons (Fsp3) is 0.417. The van der Waals surface area contributed by atoms with Crippen molar-refractivity contribution in [1.29, 1.82) is 0 Å². The van der Waals surface area contributed by atoms with Gasteiger partial charge in [0.05, 0.1) is 27.1 Å². The van der Waals surface area contributed by atoms with Gasteiger partial charge in [-0.15, -0.1) is 0 Å². The van der Waals surface area contributed by atoms with Crippen LogP contribution in [0.4, 0.5) is 0 Å². The highest BCUT2D eigenvalue weighted by Gasteiger charge is 2.39. The lowest BCUT2D eigenvalue weighted by atomic mass is 10.0. The second-order valence-corrected chi connectivity index (χ2v) is 7.98. The van der Waals surface area contributed by atoms with Crippen molar-refractivity contribution in [2.45, 2.75) is 18.9 Å². The molecule has 0 aliphatic carbocycles. The van der Waals surface area contributed by atoms with Crippen LogP contribution in [-0.2, 0) is 9.84 Å². The van der Waals surface area contributed by atoms with Gasteiger partial charge in [-0.3, -0.25) is 4.79 Å². The van der Waals surface area contributed by atoms with E-state index in [0.717, 1.165) is 0 Å². The van der Waals surface area contributed by atoms with Crippen LogP contribution >= 0.6 is 23.2 Å². The van der Waals surface area contributed by atoms with Crippen molar-refractivity contribution in [2.24, 2.45) is 0 Å². The number of carbonyl (C=O) groups is 1. The number of sulfone groups is 1. The van der Waals surface area contributed by atoms with Gasteiger partial charge in [-0.25, -0.2) is 8.42 Å². The first kappa shape index (κ1) is 14.6. The Balaban J connectivity index is 2.15. The van der Waals surface area contributed by atoms with E-state index in [2.05, 4.69) is 5.32 Å². The molecule has 1 unspecified atom stereocenters. The Labute approximate surface area is 122 Å². The van der Waals surface area contributed by atoms with E-state index in [9.17, 15) is 13.2 Å². The summed E-state index contributed by atoms with van der Waals surface area (Å²) in [6, 6.07) is 4.55. The molecule has 1 aromatic rings. The molecule has 1 amide bonds. The van der Waals surface area contributed by atoms with Crippen molar-refractivity contribution < 1.29 is 13.2 Å². The fourth-order valence-electron chi connectivity index (χ4n) is 2.09. The zero-order chi connectivity index (χ0) is 14.3. The predicted octanol–water partition coefficient (Wildman–Crippen LogP) is 2.30. The molecule has 1 atom stereocenters. The molecule has 0 spiro atoms. The summed E-state index contributed by atoms with van der Waals surface area (Å²) in [4.78, 5) is 12.1. The second kappa shape index (κ2) is 4.96. The first-order valence-corrected chi connectivity index (χ1v) is 8.27. The van der Waals surface area contributed by atoms with Crippen molar-refractivity contribution in [3.8, 4) is 0 Å². The van der Waals surface area contributed by atoms with Gasteiger partial charge in [0.2, 0.25) is 0 Å². The van der Waals surface area contributed by atoms with Gasteiger partial charge < -0.3 is 5.32 Å². The molecule has 1 aromatic carbocycles. The molecular weight excluding hydrogens is 309 g/mol. The Bertz CT molecular complexity index is 630. The Morgan fingerprint density at radius 3 is 2.53 bits per heavy atom. The van der Waals surface area contributed by atoms with Gasteiger partial charge in [-0.05, 0) is 31.5 Å². The molecule has 4 nitrogen and oxygen atoms in total. The minimum Gasteiger partial charge on any atom is -0.346 e. The summed E-state index contributed by atoms with van der Waals surface area (Å²) in [6.45, 7) is 1.73. The largest absolute Gasteiger partial charge is 0.346 e. The average Bonchev–Trinajstić information content (AvgIpc) is 2.56. The molecule has 1 aliphatic rings. The van der Waals surface area contributed by atoms with Gasteiger partial charge in [0, 0.05) is 5.56 Å². The van der Waals surface area contributed by atoms with E-state index in [-0.39, 0.29) is 17.4 Å². The number of carbonyl (C=O) groups excluding carboxylic acids is 1. The van der Waals surface area contributed by atoms with Crippen LogP contribution in [0, 0.1) is 0 Å². The molecule has 0 radical (unpaired) electrons. The van der Waals surface area contributed by atoms with Gasteiger partial charge in [-0.1, -0.05) is 23.2 Å². The van der Waals surface area contributed by atoms with Gasteiger partial charge >= 0.3 is 0 Å². The van der Waals surface area contributed by atoms with E-state index in [1.54, 1.807) is 13.0 Å². The number of rotatable bonds is 2. The molecular formula is C12H13Cl2NO3S. The van der Waals surface area contributed by atoms with Crippen molar-refractivity contribution in [2.75, 3.05) is 11.5 Å². The zero-order valence-corrected chi connectivity index (χ0v) is 12.6. The fourth-order valence-corrected chi connectivity index (χ4v) is 4.48. The Morgan fingerprint density at radius 1 is 1.32 bits per heavy atom. The summed E-state index contributed by atoms with van der Waals surface area (Å²) < 4.78 is 22.9. The number of benzene rings is 1. The summed E-state index contributed by atoms with van der Waals surface area (Å²) in [7, 11) is -3.06. The van der Waals surface area contributed by atoms with Crippen molar-refractivity contribution in [1.82, 2.24) is 5.32 Å². The van der Waals surface area contributed by atoms with Gasteiger partial charge in [0.25, 0.3) is 5.91 Å². The van der Waals surface area contributed by atoms with E-state index in [1.165, 1.54) is 12.1 Å². The minimum absolute atomic E-state index is 0.0347. The normalized spacial score (nSPS) is 25.2. The van der Waals surface area contributed by atoms with Crippen molar-refractivity contribution in [3.63, 3.8) is 0 Å². The zero-order valence-electron chi connectivity index (χ0n) is 10.2. The third-order valence-electron chi connectivity index (χ3n) is 3.10. The van der Waals surface area contributed by atoms with Crippen LogP contribution in [0.25, 0.3) is 0 Å². The molecule has 2 rings (SSSR count). The van der Waals surface area contributed by atoms with E-state index in [0.29, 0.717) is 22.0 Å². The maximum absolute atomic E-state index is 12.1. The van der Waals surface area contributed by atoms with Crippen molar-refractivity contribution >= 4 is 38.9 Å². The van der Waals surface area contributed by atoms with Crippen LogP contribution < -0.4 is 5.32 Å². The summed E-state index contributed by atoms with van der Waals surface area (Å²) in [5, 5.41) is 3.41. The molecule has 1 aliphatic heterocycles. The summed E-state index contributed by atoms with van der Waals surface area (Å²) in [6.07, 6.45) is 0.419. The van der Waals surface area contributed by atoms with Gasteiger partial charge in [0.1, 0.15) is 0 Å². The highest BCUT2D eigenvalue weighted by Crippen LogP contribution is 2.25. The molecule has 0 bridgehead atoms. The predicted molar refractivity (Wildman–Crippen MR) is 75.6 cm³/mol. The molecule has 0 saturated carbocycles. The third-order valence-corrected chi connectivity index (χ3v) is 5.74. The molecule has 1 fully saturated rings. The topological polar surface area (TPSA) is 63.2 Å². The first-order chi connectivity index (χ1) is 8.71. The van der Waals surface area contributed by atoms with E-state index in [4.69, 9.17) is 23.2 Å². The smallest absolute Gasteiger partial charge is 0.251 e. The maximum atomic E-state index is 12.1. The molecule has 1 heterocycles.